The lowest BCUT2D eigenvalue weighted by Crippen LogP contribution is -1.98. The molecule has 1 aromatic carbocycles. The van der Waals surface area contributed by atoms with Gasteiger partial charge < -0.3 is 20.0 Å². The summed E-state index contributed by atoms with van der Waals surface area (Å²) in [5, 5.41) is 20.5. The first kappa shape index (κ1) is 12.9. The van der Waals surface area contributed by atoms with Crippen molar-refractivity contribution in [2.75, 3.05) is 0 Å². The van der Waals surface area contributed by atoms with Crippen molar-refractivity contribution in [1.29, 1.82) is 0 Å². The monoisotopic (exact) mass is 263 g/mol. The molecule has 1 aromatic heterocycles. The predicted molar refractivity (Wildman–Crippen MR) is 67.5 cm³/mol. The second-order valence-corrected chi connectivity index (χ2v) is 4.11. The molecule has 0 saturated carbocycles. The Bertz CT molecular complexity index is 649. The summed E-state index contributed by atoms with van der Waals surface area (Å²) in [6, 6.07) is 4.75. The van der Waals surface area contributed by atoms with Crippen molar-refractivity contribution in [2.45, 2.75) is 13.8 Å². The van der Waals surface area contributed by atoms with Crippen molar-refractivity contribution >= 4 is 5.82 Å². The average molecular weight is 263 g/mol. The van der Waals surface area contributed by atoms with Crippen molar-refractivity contribution in [3.8, 4) is 17.4 Å². The van der Waals surface area contributed by atoms with Crippen molar-refractivity contribution in [2.24, 2.45) is 7.05 Å². The molecule has 2 rings (SSSR count). The summed E-state index contributed by atoms with van der Waals surface area (Å²) in [5.41, 5.74) is 0.510. The molecule has 0 unspecified atom stereocenters. The Morgan fingerprint density at radius 1 is 1.42 bits per heavy atom. The minimum Gasteiger partial charge on any atom is -0.508 e. The molecule has 0 saturated heterocycles. The fourth-order valence-corrected chi connectivity index (χ4v) is 1.62. The number of aromatic nitrogens is 2. The summed E-state index contributed by atoms with van der Waals surface area (Å²) < 4.78 is 7.02. The van der Waals surface area contributed by atoms with Gasteiger partial charge in [-0.3, -0.25) is 4.57 Å². The van der Waals surface area contributed by atoms with Crippen LogP contribution in [-0.2, 0) is 7.05 Å². The number of aromatic hydroxyl groups is 1. The van der Waals surface area contributed by atoms with Gasteiger partial charge in [-0.15, -0.1) is 0 Å². The Balaban J connectivity index is 2.49. The first-order valence-electron chi connectivity index (χ1n) is 5.56. The molecule has 0 amide bonds. The summed E-state index contributed by atoms with van der Waals surface area (Å²) >= 11 is 0. The normalized spacial score (nSPS) is 10.5. The number of rotatable bonds is 3. The second kappa shape index (κ2) is 4.60. The molecule has 0 aliphatic heterocycles. The van der Waals surface area contributed by atoms with Gasteiger partial charge in [-0.25, -0.2) is 0 Å². The summed E-state index contributed by atoms with van der Waals surface area (Å²) in [7, 11) is 1.63. The Kier molecular flexibility index (Phi) is 3.12. The number of ether oxygens (including phenoxy) is 1. The lowest BCUT2D eigenvalue weighted by atomic mass is 10.2. The van der Waals surface area contributed by atoms with Crippen molar-refractivity contribution in [3.05, 3.63) is 39.7 Å². The van der Waals surface area contributed by atoms with Gasteiger partial charge in [0.1, 0.15) is 11.5 Å². The minimum atomic E-state index is -0.597. The summed E-state index contributed by atoms with van der Waals surface area (Å²) in [4.78, 5) is 14.2. The molecule has 19 heavy (non-hydrogen) atoms. The van der Waals surface area contributed by atoms with Gasteiger partial charge in [0.25, 0.3) is 0 Å². The third kappa shape index (κ3) is 2.22. The topological polar surface area (TPSA) is 90.4 Å². The lowest BCUT2D eigenvalue weighted by molar-refractivity contribution is -0.390. The number of phenolic OH excluding ortho intramolecular Hbond substituents is 1. The van der Waals surface area contributed by atoms with Crippen LogP contribution in [0.1, 0.15) is 11.4 Å². The molecule has 7 nitrogen and oxygen atoms in total. The van der Waals surface area contributed by atoms with E-state index in [4.69, 9.17) is 4.74 Å². The molecular formula is C12H13N3O4. The van der Waals surface area contributed by atoms with E-state index in [2.05, 4.69) is 4.98 Å². The molecule has 7 heteroatoms. The van der Waals surface area contributed by atoms with Crippen LogP contribution in [0.25, 0.3) is 0 Å². The van der Waals surface area contributed by atoms with Crippen LogP contribution in [0.3, 0.4) is 0 Å². The van der Waals surface area contributed by atoms with Crippen LogP contribution in [0.5, 0.6) is 17.4 Å². The third-order valence-electron chi connectivity index (χ3n) is 2.88. The number of imidazole rings is 1. The molecule has 1 N–H and O–H groups in total. The van der Waals surface area contributed by atoms with Gasteiger partial charge in [-0.2, -0.15) is 0 Å². The van der Waals surface area contributed by atoms with Crippen molar-refractivity contribution in [3.63, 3.8) is 0 Å². The molecule has 2 aromatic rings. The van der Waals surface area contributed by atoms with Gasteiger partial charge >= 0.3 is 11.7 Å². The zero-order valence-electron chi connectivity index (χ0n) is 10.7. The smallest absolute Gasteiger partial charge is 0.427 e. The van der Waals surface area contributed by atoms with Crippen molar-refractivity contribution in [1.82, 2.24) is 9.55 Å². The van der Waals surface area contributed by atoms with E-state index < -0.39 is 4.92 Å². The maximum atomic E-state index is 10.9. The van der Waals surface area contributed by atoms with Crippen LogP contribution in [-0.4, -0.2) is 19.6 Å². The second-order valence-electron chi connectivity index (χ2n) is 4.11. The Hall–Kier alpha value is -2.57. The van der Waals surface area contributed by atoms with Crippen LogP contribution in [0.2, 0.25) is 0 Å². The zero-order chi connectivity index (χ0) is 14.2. The lowest BCUT2D eigenvalue weighted by Gasteiger charge is -2.09. The molecule has 0 aliphatic carbocycles. The van der Waals surface area contributed by atoms with Gasteiger partial charge in [0.05, 0.1) is 0 Å². The number of phenols is 1. The van der Waals surface area contributed by atoms with Gasteiger partial charge in [0.15, 0.2) is 0 Å². The number of benzene rings is 1. The molecule has 0 bridgehead atoms. The largest absolute Gasteiger partial charge is 0.508 e. The fraction of sp³-hybridized carbons (Fsp3) is 0.250. The maximum absolute atomic E-state index is 10.9. The van der Waals surface area contributed by atoms with E-state index in [0.29, 0.717) is 17.1 Å². The first-order valence-corrected chi connectivity index (χ1v) is 5.56. The van der Waals surface area contributed by atoms with E-state index in [9.17, 15) is 15.2 Å². The highest BCUT2D eigenvalue weighted by atomic mass is 16.6. The van der Waals surface area contributed by atoms with Crippen LogP contribution in [0.15, 0.2) is 18.2 Å². The molecule has 1 heterocycles. The van der Waals surface area contributed by atoms with E-state index >= 15 is 0 Å². The van der Waals surface area contributed by atoms with E-state index in [1.165, 1.54) is 10.6 Å². The molecular weight excluding hydrogens is 250 g/mol. The Morgan fingerprint density at radius 3 is 2.74 bits per heavy atom. The van der Waals surface area contributed by atoms with Crippen LogP contribution in [0.4, 0.5) is 5.82 Å². The molecule has 0 atom stereocenters. The number of aryl methyl sites for hydroxylation is 1. The third-order valence-corrected chi connectivity index (χ3v) is 2.88. The highest BCUT2D eigenvalue weighted by molar-refractivity contribution is 5.47. The molecule has 0 aliphatic rings. The Morgan fingerprint density at radius 2 is 2.11 bits per heavy atom. The van der Waals surface area contributed by atoms with E-state index in [1.807, 2.05) is 0 Å². The number of nitro groups is 1. The zero-order valence-corrected chi connectivity index (χ0v) is 10.7. The molecule has 0 fully saturated rings. The highest BCUT2D eigenvalue weighted by Gasteiger charge is 2.26. The first-order chi connectivity index (χ1) is 8.91. The van der Waals surface area contributed by atoms with Gasteiger partial charge in [-0.1, -0.05) is 6.07 Å². The standard InChI is InChI=1S/C12H13N3O4/c1-7-9(16)5-4-6-10(7)19-12-11(15(17)18)13-8(2)14(12)3/h4-6,16H,1-3H3. The van der Waals surface area contributed by atoms with E-state index in [-0.39, 0.29) is 17.4 Å². The summed E-state index contributed by atoms with van der Waals surface area (Å²) in [5.74, 6) is 0.587. The van der Waals surface area contributed by atoms with E-state index in [1.54, 1.807) is 33.0 Å². The SMILES string of the molecule is Cc1c(O)cccc1Oc1c([N+](=O)[O-])nc(C)n1C. The van der Waals surface area contributed by atoms with Crippen LogP contribution >= 0.6 is 0 Å². The molecule has 0 spiro atoms. The van der Waals surface area contributed by atoms with Gasteiger partial charge in [0, 0.05) is 19.5 Å². The van der Waals surface area contributed by atoms with Crippen LogP contribution in [0, 0.1) is 24.0 Å². The number of hydrogen-bond donors (Lipinski definition) is 1. The Labute approximate surface area is 109 Å². The number of hydrogen-bond acceptors (Lipinski definition) is 5. The van der Waals surface area contributed by atoms with E-state index in [0.717, 1.165) is 0 Å². The fourth-order valence-electron chi connectivity index (χ4n) is 1.62. The minimum absolute atomic E-state index is 0.0381. The molecule has 100 valence electrons. The van der Waals surface area contributed by atoms with Gasteiger partial charge in [0.2, 0.25) is 5.82 Å². The van der Waals surface area contributed by atoms with Crippen LogP contribution < -0.4 is 4.74 Å². The highest BCUT2D eigenvalue weighted by Crippen LogP contribution is 2.34. The van der Waals surface area contributed by atoms with Crippen molar-refractivity contribution < 1.29 is 14.8 Å². The summed E-state index contributed by atoms with van der Waals surface area (Å²) in [6.07, 6.45) is 0. The van der Waals surface area contributed by atoms with Gasteiger partial charge in [-0.05, 0) is 29.0 Å². The predicted octanol–water partition coefficient (Wildman–Crippen LogP) is 2.44. The average Bonchev–Trinajstić information content (AvgIpc) is 2.63. The maximum Gasteiger partial charge on any atom is 0.427 e. The number of nitrogens with zero attached hydrogens (tertiary/aromatic N) is 3. The quantitative estimate of drug-likeness (QED) is 0.678. The summed E-state index contributed by atoms with van der Waals surface area (Å²) in [6.45, 7) is 3.31. The molecule has 0 radical (unpaired) electrons.